The van der Waals surface area contributed by atoms with Crippen LogP contribution in [-0.4, -0.2) is 5.11 Å². The molecule has 0 unspecified atom stereocenters. The average Bonchev–Trinajstić information content (AvgIpc) is 2.40. The van der Waals surface area contributed by atoms with Gasteiger partial charge in [0, 0.05) is 0 Å². The van der Waals surface area contributed by atoms with E-state index in [0.717, 1.165) is 12.3 Å². The Morgan fingerprint density at radius 1 is 0.895 bits per heavy atom. The van der Waals surface area contributed by atoms with Gasteiger partial charge in [-0.05, 0) is 36.5 Å². The van der Waals surface area contributed by atoms with Crippen LogP contribution >= 0.6 is 0 Å². The minimum absolute atomic E-state index is 0.360. The highest BCUT2D eigenvalue weighted by atomic mass is 16.3. The zero-order chi connectivity index (χ0) is 14.5. The molecular formula is C18H32O. The molecular weight excluding hydrogens is 232 g/mol. The normalized spacial score (nSPS) is 10.2. The summed E-state index contributed by atoms with van der Waals surface area (Å²) in [6, 6.07) is 7.56. The molecule has 0 heterocycles. The lowest BCUT2D eigenvalue weighted by Crippen LogP contribution is -1.89. The zero-order valence-electron chi connectivity index (χ0n) is 13.3. The van der Waals surface area contributed by atoms with Crippen LogP contribution < -0.4 is 0 Å². The summed E-state index contributed by atoms with van der Waals surface area (Å²) < 4.78 is 0. The van der Waals surface area contributed by atoms with Gasteiger partial charge in [-0.3, -0.25) is 0 Å². The second-order valence-electron chi connectivity index (χ2n) is 5.66. The number of hydrogen-bond donors (Lipinski definition) is 1. The van der Waals surface area contributed by atoms with E-state index < -0.39 is 0 Å². The van der Waals surface area contributed by atoms with Gasteiger partial charge >= 0.3 is 0 Å². The Bertz CT molecular complexity index is 285. The molecule has 1 aromatic carbocycles. The van der Waals surface area contributed by atoms with Crippen LogP contribution in [0.2, 0.25) is 0 Å². The first kappa shape index (κ1) is 18.0. The molecule has 0 spiro atoms. The van der Waals surface area contributed by atoms with E-state index in [1.54, 1.807) is 12.1 Å². The SMILES string of the molecule is CC(C)CCCCCc1ccc(O)cc1.CCCC. The van der Waals surface area contributed by atoms with Crippen LogP contribution in [0.1, 0.15) is 71.8 Å². The van der Waals surface area contributed by atoms with Crippen LogP contribution in [0.3, 0.4) is 0 Å². The van der Waals surface area contributed by atoms with Crippen molar-refractivity contribution in [2.24, 2.45) is 5.92 Å². The van der Waals surface area contributed by atoms with Crippen molar-refractivity contribution in [2.75, 3.05) is 0 Å². The Hall–Kier alpha value is -0.980. The van der Waals surface area contributed by atoms with E-state index >= 15 is 0 Å². The average molecular weight is 264 g/mol. The Kier molecular flexibility index (Phi) is 11.5. The van der Waals surface area contributed by atoms with Crippen molar-refractivity contribution < 1.29 is 5.11 Å². The van der Waals surface area contributed by atoms with Gasteiger partial charge in [-0.1, -0.05) is 71.9 Å². The highest BCUT2D eigenvalue weighted by Gasteiger charge is 1.96. The van der Waals surface area contributed by atoms with Crippen molar-refractivity contribution in [2.45, 2.75) is 72.6 Å². The van der Waals surface area contributed by atoms with E-state index in [1.165, 1.54) is 44.1 Å². The number of phenols is 1. The monoisotopic (exact) mass is 264 g/mol. The van der Waals surface area contributed by atoms with Crippen molar-refractivity contribution in [3.8, 4) is 5.75 Å². The second kappa shape index (κ2) is 12.1. The molecule has 0 amide bonds. The summed E-state index contributed by atoms with van der Waals surface area (Å²) in [4.78, 5) is 0. The fraction of sp³-hybridized carbons (Fsp3) is 0.667. The maximum atomic E-state index is 9.13. The molecule has 1 nitrogen and oxygen atoms in total. The van der Waals surface area contributed by atoms with E-state index in [4.69, 9.17) is 5.11 Å². The molecule has 1 N–H and O–H groups in total. The van der Waals surface area contributed by atoms with E-state index in [-0.39, 0.29) is 0 Å². The summed E-state index contributed by atoms with van der Waals surface area (Å²) in [6.45, 7) is 8.92. The number of aromatic hydroxyl groups is 1. The highest BCUT2D eigenvalue weighted by molar-refractivity contribution is 5.25. The van der Waals surface area contributed by atoms with Crippen LogP contribution in [0.4, 0.5) is 0 Å². The van der Waals surface area contributed by atoms with Crippen LogP contribution in [0, 0.1) is 5.92 Å². The lowest BCUT2D eigenvalue weighted by molar-refractivity contribution is 0.475. The van der Waals surface area contributed by atoms with Gasteiger partial charge < -0.3 is 5.11 Å². The third kappa shape index (κ3) is 11.8. The van der Waals surface area contributed by atoms with Gasteiger partial charge in [-0.15, -0.1) is 0 Å². The molecule has 0 aliphatic heterocycles. The van der Waals surface area contributed by atoms with Crippen molar-refractivity contribution in [1.82, 2.24) is 0 Å². The largest absolute Gasteiger partial charge is 0.508 e. The van der Waals surface area contributed by atoms with Gasteiger partial charge in [-0.25, -0.2) is 0 Å². The Morgan fingerprint density at radius 3 is 1.95 bits per heavy atom. The third-order valence-corrected chi connectivity index (χ3v) is 3.18. The van der Waals surface area contributed by atoms with Gasteiger partial charge in [0.1, 0.15) is 5.75 Å². The van der Waals surface area contributed by atoms with Gasteiger partial charge in [0.25, 0.3) is 0 Å². The molecule has 0 aliphatic rings. The van der Waals surface area contributed by atoms with E-state index in [1.807, 2.05) is 12.1 Å². The van der Waals surface area contributed by atoms with E-state index in [0.29, 0.717) is 5.75 Å². The third-order valence-electron chi connectivity index (χ3n) is 3.18. The lowest BCUT2D eigenvalue weighted by Gasteiger charge is -2.04. The summed E-state index contributed by atoms with van der Waals surface area (Å²) in [5.74, 6) is 1.19. The van der Waals surface area contributed by atoms with Crippen molar-refractivity contribution >= 4 is 0 Å². The summed E-state index contributed by atoms with van der Waals surface area (Å²) in [6.07, 6.45) is 9.04. The van der Waals surface area contributed by atoms with Gasteiger partial charge in [0.15, 0.2) is 0 Å². The van der Waals surface area contributed by atoms with Gasteiger partial charge in [-0.2, -0.15) is 0 Å². The number of unbranched alkanes of at least 4 members (excludes halogenated alkanes) is 3. The molecule has 0 bridgehead atoms. The summed E-state index contributed by atoms with van der Waals surface area (Å²) in [7, 11) is 0. The Morgan fingerprint density at radius 2 is 1.47 bits per heavy atom. The number of phenolic OH excluding ortho intramolecular Hbond substituents is 1. The molecule has 0 radical (unpaired) electrons. The maximum absolute atomic E-state index is 9.13. The van der Waals surface area contributed by atoms with Crippen LogP contribution in [-0.2, 0) is 6.42 Å². The Labute approximate surface area is 120 Å². The van der Waals surface area contributed by atoms with Gasteiger partial charge in [0.2, 0.25) is 0 Å². The second-order valence-corrected chi connectivity index (χ2v) is 5.66. The first-order valence-electron chi connectivity index (χ1n) is 7.88. The molecule has 0 saturated carbocycles. The molecule has 0 saturated heterocycles. The zero-order valence-corrected chi connectivity index (χ0v) is 13.3. The molecule has 1 heteroatoms. The molecule has 110 valence electrons. The molecule has 0 aliphatic carbocycles. The number of hydrogen-bond acceptors (Lipinski definition) is 1. The quantitative estimate of drug-likeness (QED) is 0.603. The Balaban J connectivity index is 0.000000711. The lowest BCUT2D eigenvalue weighted by atomic mass is 10.0. The minimum atomic E-state index is 0.360. The van der Waals surface area contributed by atoms with E-state index in [2.05, 4.69) is 27.7 Å². The predicted molar refractivity (Wildman–Crippen MR) is 85.7 cm³/mol. The molecule has 0 fully saturated rings. The number of aryl methyl sites for hydroxylation is 1. The molecule has 1 rings (SSSR count). The van der Waals surface area contributed by atoms with E-state index in [9.17, 15) is 0 Å². The van der Waals surface area contributed by atoms with Crippen LogP contribution in [0.25, 0.3) is 0 Å². The highest BCUT2D eigenvalue weighted by Crippen LogP contribution is 2.14. The first-order valence-corrected chi connectivity index (χ1v) is 7.88. The summed E-state index contributed by atoms with van der Waals surface area (Å²) >= 11 is 0. The van der Waals surface area contributed by atoms with Crippen molar-refractivity contribution in [3.05, 3.63) is 29.8 Å². The number of benzene rings is 1. The molecule has 0 atom stereocenters. The molecule has 0 aromatic heterocycles. The fourth-order valence-corrected chi connectivity index (χ4v) is 1.72. The van der Waals surface area contributed by atoms with Gasteiger partial charge in [0.05, 0.1) is 0 Å². The van der Waals surface area contributed by atoms with Crippen LogP contribution in [0.15, 0.2) is 24.3 Å². The summed E-state index contributed by atoms with van der Waals surface area (Å²) in [5, 5.41) is 9.13. The van der Waals surface area contributed by atoms with Crippen LogP contribution in [0.5, 0.6) is 5.75 Å². The number of rotatable bonds is 7. The predicted octanol–water partition coefficient (Wildman–Crippen LogP) is 5.96. The standard InChI is InChI=1S/C14H22O.C4H10/c1-12(2)6-4-3-5-7-13-8-10-14(15)11-9-13;1-3-4-2/h8-12,15H,3-7H2,1-2H3;3-4H2,1-2H3. The summed E-state index contributed by atoms with van der Waals surface area (Å²) in [5.41, 5.74) is 1.33. The smallest absolute Gasteiger partial charge is 0.115 e. The molecule has 1 aromatic rings. The fourth-order valence-electron chi connectivity index (χ4n) is 1.72. The molecule has 19 heavy (non-hydrogen) atoms. The van der Waals surface area contributed by atoms with Crippen molar-refractivity contribution in [3.63, 3.8) is 0 Å². The van der Waals surface area contributed by atoms with Crippen molar-refractivity contribution in [1.29, 1.82) is 0 Å². The minimum Gasteiger partial charge on any atom is -0.508 e. The first-order chi connectivity index (χ1) is 9.10. The topological polar surface area (TPSA) is 20.2 Å². The maximum Gasteiger partial charge on any atom is 0.115 e.